The average molecular weight is 385 g/mol. The average Bonchev–Trinajstić information content (AvgIpc) is 3.27. The van der Waals surface area contributed by atoms with Crippen LogP contribution < -0.4 is 9.96 Å². The monoisotopic (exact) mass is 385 g/mol. The summed E-state index contributed by atoms with van der Waals surface area (Å²) in [7, 11) is 0. The van der Waals surface area contributed by atoms with Crippen molar-refractivity contribution in [3.63, 3.8) is 0 Å². The number of aromatic nitrogens is 1. The van der Waals surface area contributed by atoms with Gasteiger partial charge < -0.3 is 0 Å². The van der Waals surface area contributed by atoms with Gasteiger partial charge in [-0.1, -0.05) is 35.9 Å². The fourth-order valence-electron chi connectivity index (χ4n) is 4.06. The summed E-state index contributed by atoms with van der Waals surface area (Å²) >= 11 is 0. The van der Waals surface area contributed by atoms with Crippen LogP contribution in [0.5, 0.6) is 0 Å². The molecule has 6 nitrogen and oxygen atoms in total. The number of aryl methyl sites for hydroxylation is 1. The Labute approximate surface area is 168 Å². The van der Waals surface area contributed by atoms with Crippen molar-refractivity contribution in [3.8, 4) is 0 Å². The molecule has 0 N–H and O–H groups in total. The topological polar surface area (TPSA) is 62.7 Å². The van der Waals surface area contributed by atoms with E-state index in [1.807, 2.05) is 61.5 Å². The normalized spacial score (nSPS) is 23.6. The van der Waals surface area contributed by atoms with Gasteiger partial charge in [0.25, 0.3) is 5.91 Å². The maximum absolute atomic E-state index is 13.4. The van der Waals surface area contributed by atoms with E-state index < -0.39 is 18.1 Å². The van der Waals surface area contributed by atoms with E-state index in [-0.39, 0.29) is 11.8 Å². The van der Waals surface area contributed by atoms with E-state index in [0.717, 1.165) is 16.8 Å². The highest BCUT2D eigenvalue weighted by molar-refractivity contribution is 6.23. The minimum atomic E-state index is -0.859. The molecule has 29 heavy (non-hydrogen) atoms. The molecule has 6 heteroatoms. The number of carbonyl (C=O) groups excluding carboxylic acids is 2. The Morgan fingerprint density at radius 3 is 2.21 bits per heavy atom. The molecule has 3 atom stereocenters. The van der Waals surface area contributed by atoms with Gasteiger partial charge in [-0.2, -0.15) is 0 Å². The zero-order chi connectivity index (χ0) is 20.0. The third kappa shape index (κ3) is 2.80. The van der Waals surface area contributed by atoms with Gasteiger partial charge >= 0.3 is 0 Å². The quantitative estimate of drug-likeness (QED) is 0.647. The van der Waals surface area contributed by atoms with Gasteiger partial charge in [-0.15, -0.1) is 0 Å². The van der Waals surface area contributed by atoms with Crippen LogP contribution >= 0.6 is 0 Å². The lowest BCUT2D eigenvalue weighted by Gasteiger charge is -2.28. The lowest BCUT2D eigenvalue weighted by atomic mass is 9.91. The molecule has 5 rings (SSSR count). The lowest BCUT2D eigenvalue weighted by Crippen LogP contribution is -2.37. The minimum absolute atomic E-state index is 0.246. The Bertz CT molecular complexity index is 1050. The summed E-state index contributed by atoms with van der Waals surface area (Å²) in [4.78, 5) is 38.0. The van der Waals surface area contributed by atoms with Gasteiger partial charge in [-0.25, -0.2) is 9.96 Å². The van der Waals surface area contributed by atoms with Crippen molar-refractivity contribution in [1.82, 2.24) is 4.98 Å². The molecule has 2 aliphatic rings. The molecule has 2 aliphatic heterocycles. The van der Waals surface area contributed by atoms with Crippen LogP contribution in [0.2, 0.25) is 0 Å². The molecule has 0 saturated carbocycles. The van der Waals surface area contributed by atoms with Gasteiger partial charge in [-0.3, -0.25) is 19.4 Å². The molecule has 2 fully saturated rings. The van der Waals surface area contributed by atoms with Crippen molar-refractivity contribution in [2.45, 2.75) is 19.1 Å². The van der Waals surface area contributed by atoms with E-state index in [9.17, 15) is 9.59 Å². The Kier molecular flexibility index (Phi) is 4.14. The highest BCUT2D eigenvalue weighted by Gasteiger charge is 2.60. The highest BCUT2D eigenvalue weighted by Crippen LogP contribution is 2.47. The number of amides is 2. The largest absolute Gasteiger partial charge is 0.273 e. The molecule has 0 bridgehead atoms. The maximum Gasteiger partial charge on any atom is 0.266 e. The number of hydrogen-bond acceptors (Lipinski definition) is 5. The molecule has 3 heterocycles. The Hall–Kier alpha value is -3.51. The Morgan fingerprint density at radius 2 is 1.52 bits per heavy atom. The maximum atomic E-state index is 13.4. The second kappa shape index (κ2) is 6.83. The fourth-order valence-corrected chi connectivity index (χ4v) is 4.06. The molecule has 0 unspecified atom stereocenters. The van der Waals surface area contributed by atoms with Crippen LogP contribution in [-0.4, -0.2) is 22.9 Å². The summed E-state index contributed by atoms with van der Waals surface area (Å²) in [5, 5.41) is 1.69. The molecule has 2 aromatic carbocycles. The summed E-state index contributed by atoms with van der Waals surface area (Å²) in [6, 6.07) is 20.2. The van der Waals surface area contributed by atoms with Crippen LogP contribution in [0.1, 0.15) is 17.2 Å². The van der Waals surface area contributed by atoms with E-state index in [4.69, 9.17) is 4.84 Å². The van der Waals surface area contributed by atoms with Crippen LogP contribution in [0.4, 0.5) is 11.4 Å². The van der Waals surface area contributed by atoms with Crippen molar-refractivity contribution in [2.24, 2.45) is 5.92 Å². The van der Waals surface area contributed by atoms with Crippen LogP contribution in [0.15, 0.2) is 79.1 Å². The van der Waals surface area contributed by atoms with Crippen LogP contribution in [0.25, 0.3) is 0 Å². The second-order valence-corrected chi connectivity index (χ2v) is 7.29. The summed E-state index contributed by atoms with van der Waals surface area (Å²) < 4.78 is 0. The predicted octanol–water partition coefficient (Wildman–Crippen LogP) is 3.44. The minimum Gasteiger partial charge on any atom is -0.273 e. The van der Waals surface area contributed by atoms with Gasteiger partial charge in [0, 0.05) is 12.4 Å². The fraction of sp³-hybridized carbons (Fsp3) is 0.174. The second-order valence-electron chi connectivity index (χ2n) is 7.29. The number of carbonyl (C=O) groups is 2. The molecular weight excluding hydrogens is 366 g/mol. The van der Waals surface area contributed by atoms with Gasteiger partial charge in [0.15, 0.2) is 6.10 Å². The van der Waals surface area contributed by atoms with E-state index >= 15 is 0 Å². The number of imide groups is 1. The third-order valence-corrected chi connectivity index (χ3v) is 5.47. The van der Waals surface area contributed by atoms with Crippen molar-refractivity contribution >= 4 is 23.2 Å². The van der Waals surface area contributed by atoms with Crippen molar-refractivity contribution < 1.29 is 14.4 Å². The number of rotatable bonds is 3. The van der Waals surface area contributed by atoms with Gasteiger partial charge in [0.1, 0.15) is 5.92 Å². The number of para-hydroxylation sites is 1. The Morgan fingerprint density at radius 1 is 0.828 bits per heavy atom. The predicted molar refractivity (Wildman–Crippen MR) is 108 cm³/mol. The SMILES string of the molecule is Cc1ccc(N2C(=O)[C@@H]3[C@@H](c4ccncc4)N(c4ccccc4)O[C@H]3C2=O)cc1. The molecule has 1 aromatic heterocycles. The van der Waals surface area contributed by atoms with E-state index in [1.54, 1.807) is 29.6 Å². The van der Waals surface area contributed by atoms with Crippen LogP contribution in [-0.2, 0) is 14.4 Å². The molecule has 3 aromatic rings. The van der Waals surface area contributed by atoms with E-state index in [2.05, 4.69) is 4.98 Å². The molecule has 2 saturated heterocycles. The zero-order valence-corrected chi connectivity index (χ0v) is 15.8. The molecule has 144 valence electrons. The molecule has 0 spiro atoms. The van der Waals surface area contributed by atoms with Gasteiger partial charge in [0.2, 0.25) is 5.91 Å². The number of fused-ring (bicyclic) bond motifs is 1. The molecule has 0 radical (unpaired) electrons. The number of hydrogen-bond donors (Lipinski definition) is 0. The number of benzene rings is 2. The highest BCUT2D eigenvalue weighted by atomic mass is 16.7. The van der Waals surface area contributed by atoms with Gasteiger partial charge in [-0.05, 0) is 48.9 Å². The van der Waals surface area contributed by atoms with E-state index in [1.165, 1.54) is 4.90 Å². The van der Waals surface area contributed by atoms with Crippen LogP contribution in [0, 0.1) is 12.8 Å². The first-order valence-electron chi connectivity index (χ1n) is 9.50. The molecule has 0 aliphatic carbocycles. The summed E-state index contributed by atoms with van der Waals surface area (Å²) in [6.45, 7) is 1.96. The number of pyridine rings is 1. The van der Waals surface area contributed by atoms with Crippen LogP contribution in [0.3, 0.4) is 0 Å². The molecular formula is C23H19N3O3. The standard InChI is InChI=1S/C23H19N3O3/c1-15-7-9-17(10-8-15)25-22(27)19-20(16-11-13-24-14-12-16)26(29-21(19)23(25)28)18-5-3-2-4-6-18/h2-14,19-21H,1H3/t19-,20-,21-/m1/s1. The Balaban J connectivity index is 1.58. The number of hydroxylamine groups is 1. The first-order chi connectivity index (χ1) is 14.1. The lowest BCUT2D eigenvalue weighted by molar-refractivity contribution is -0.126. The van der Waals surface area contributed by atoms with Crippen molar-refractivity contribution in [3.05, 3.63) is 90.3 Å². The van der Waals surface area contributed by atoms with E-state index in [0.29, 0.717) is 5.69 Å². The zero-order valence-electron chi connectivity index (χ0n) is 15.8. The first kappa shape index (κ1) is 17.6. The van der Waals surface area contributed by atoms with Crippen molar-refractivity contribution in [1.29, 1.82) is 0 Å². The summed E-state index contributed by atoms with van der Waals surface area (Å²) in [5.41, 5.74) is 3.31. The number of nitrogens with zero attached hydrogens (tertiary/aromatic N) is 3. The smallest absolute Gasteiger partial charge is 0.266 e. The van der Waals surface area contributed by atoms with Crippen molar-refractivity contribution in [2.75, 3.05) is 9.96 Å². The van der Waals surface area contributed by atoms with Gasteiger partial charge in [0.05, 0.1) is 17.4 Å². The summed E-state index contributed by atoms with van der Waals surface area (Å²) in [5.74, 6) is -1.21. The molecule has 2 amide bonds. The first-order valence-corrected chi connectivity index (χ1v) is 9.50. The summed E-state index contributed by atoms with van der Waals surface area (Å²) in [6.07, 6.45) is 2.51. The number of anilines is 2. The third-order valence-electron chi connectivity index (χ3n) is 5.47.